The molecule has 1 atom stereocenters. The van der Waals surface area contributed by atoms with E-state index in [2.05, 4.69) is 53.2 Å². The van der Waals surface area contributed by atoms with Crippen molar-refractivity contribution < 1.29 is 13.2 Å². The van der Waals surface area contributed by atoms with Crippen molar-refractivity contribution >= 4 is 68.4 Å². The molecular formula is C29H30IN5O3S2. The third-order valence-electron chi connectivity index (χ3n) is 8.37. The first-order chi connectivity index (χ1) is 19.3. The van der Waals surface area contributed by atoms with Gasteiger partial charge in [-0.05, 0) is 61.1 Å². The molecule has 2 aromatic carbocycles. The molecule has 4 heterocycles. The molecule has 0 saturated carbocycles. The molecule has 40 heavy (non-hydrogen) atoms. The van der Waals surface area contributed by atoms with Crippen LogP contribution < -0.4 is 4.90 Å². The van der Waals surface area contributed by atoms with Crippen molar-refractivity contribution in [3.05, 3.63) is 70.9 Å². The van der Waals surface area contributed by atoms with Crippen LogP contribution in [-0.2, 0) is 16.4 Å². The number of nitrogens with zero attached hydrogens (tertiary/aromatic N) is 5. The van der Waals surface area contributed by atoms with Crippen molar-refractivity contribution in [2.75, 3.05) is 43.9 Å². The van der Waals surface area contributed by atoms with Gasteiger partial charge < -0.3 is 9.80 Å². The van der Waals surface area contributed by atoms with E-state index in [0.29, 0.717) is 25.1 Å². The van der Waals surface area contributed by atoms with Crippen molar-refractivity contribution in [1.82, 2.24) is 13.2 Å². The highest BCUT2D eigenvalue weighted by Crippen LogP contribution is 2.41. The smallest absolute Gasteiger partial charge is 0.254 e. The van der Waals surface area contributed by atoms with Crippen LogP contribution in [0.5, 0.6) is 0 Å². The molecular weight excluding hydrogens is 657 g/mol. The Morgan fingerprint density at radius 3 is 2.65 bits per heavy atom. The van der Waals surface area contributed by atoms with E-state index in [4.69, 9.17) is 0 Å². The van der Waals surface area contributed by atoms with Crippen LogP contribution in [0.3, 0.4) is 0 Å². The van der Waals surface area contributed by atoms with Gasteiger partial charge in [-0.25, -0.2) is 8.42 Å². The molecule has 11 heteroatoms. The van der Waals surface area contributed by atoms with Gasteiger partial charge in [0.25, 0.3) is 5.91 Å². The number of carbonyl (C=O) groups is 1. The zero-order valence-electron chi connectivity index (χ0n) is 22.2. The summed E-state index contributed by atoms with van der Waals surface area (Å²) in [7, 11) is -1.72. The number of hydrogen-bond donors (Lipinski definition) is 0. The summed E-state index contributed by atoms with van der Waals surface area (Å²) in [6, 6.07) is 16.5. The minimum Gasteiger partial charge on any atom is -0.369 e. The summed E-state index contributed by atoms with van der Waals surface area (Å²) < 4.78 is 27.7. The molecule has 0 bridgehead atoms. The highest BCUT2D eigenvalue weighted by molar-refractivity contribution is 14.2. The minimum atomic E-state index is -3.24. The van der Waals surface area contributed by atoms with E-state index in [1.54, 1.807) is 0 Å². The van der Waals surface area contributed by atoms with Crippen molar-refractivity contribution in [3.63, 3.8) is 0 Å². The Labute approximate surface area is 251 Å². The lowest BCUT2D eigenvalue weighted by atomic mass is 9.95. The summed E-state index contributed by atoms with van der Waals surface area (Å²) in [6.07, 6.45) is 6.69. The lowest BCUT2D eigenvalue weighted by molar-refractivity contribution is 0.0641. The Balaban J connectivity index is 1.35. The maximum atomic E-state index is 13.4. The average molecular weight is 688 g/mol. The fraction of sp³-hybridized carbons (Fsp3) is 0.379. The van der Waals surface area contributed by atoms with Gasteiger partial charge in [0, 0.05) is 85.7 Å². The molecule has 208 valence electrons. The molecule has 3 aromatic rings. The summed E-state index contributed by atoms with van der Waals surface area (Å²) in [6.45, 7) is 3.16. The van der Waals surface area contributed by atoms with E-state index >= 15 is 0 Å². The molecule has 0 aliphatic carbocycles. The Kier molecular flexibility index (Phi) is 7.63. The van der Waals surface area contributed by atoms with Crippen LogP contribution in [0.1, 0.15) is 46.4 Å². The van der Waals surface area contributed by atoms with Gasteiger partial charge in [0.1, 0.15) is 6.07 Å². The predicted octanol–water partition coefficient (Wildman–Crippen LogP) is 5.08. The van der Waals surface area contributed by atoms with Gasteiger partial charge in [-0.2, -0.15) is 9.57 Å². The van der Waals surface area contributed by atoms with Gasteiger partial charge in [0.2, 0.25) is 10.0 Å². The van der Waals surface area contributed by atoms with Crippen molar-refractivity contribution in [2.24, 2.45) is 0 Å². The Bertz CT molecular complexity index is 1680. The maximum Gasteiger partial charge on any atom is 0.254 e. The summed E-state index contributed by atoms with van der Waals surface area (Å²) in [5.74, 6) is 0.126. The zero-order valence-corrected chi connectivity index (χ0v) is 26.0. The first-order valence-corrected chi connectivity index (χ1v) is 18.6. The van der Waals surface area contributed by atoms with Crippen LogP contribution in [0.15, 0.2) is 48.5 Å². The summed E-state index contributed by atoms with van der Waals surface area (Å²) in [5, 5.41) is 11.0. The van der Waals surface area contributed by atoms with E-state index in [1.807, 2.05) is 36.4 Å². The van der Waals surface area contributed by atoms with Crippen LogP contribution in [0.4, 0.5) is 5.69 Å². The standard InChI is InChI=1S/C29H30IN5O3S2/c1-40(37,38)33-14-10-21(11-15-33)27-17-25-26(9-8-22(18-31)28(25)35(27)39-30)32-13-4-6-23(19-32)34-16-12-20-5-2-3-7-24(20)29(34)36/h2-3,5,7-10,17,23H,4,6,11-16,19H2,1H3/t23-/m1/s1. The number of benzene rings is 2. The molecule has 1 amide bonds. The van der Waals surface area contributed by atoms with Gasteiger partial charge in [-0.15, -0.1) is 0 Å². The summed E-state index contributed by atoms with van der Waals surface area (Å²) in [4.78, 5) is 17.9. The van der Waals surface area contributed by atoms with Crippen molar-refractivity contribution in [3.8, 4) is 6.07 Å². The van der Waals surface area contributed by atoms with E-state index in [0.717, 1.165) is 77.9 Å². The zero-order chi connectivity index (χ0) is 28.0. The predicted molar refractivity (Wildman–Crippen MR) is 169 cm³/mol. The fourth-order valence-electron chi connectivity index (χ4n) is 6.34. The number of anilines is 1. The van der Waals surface area contributed by atoms with Crippen LogP contribution in [0, 0.1) is 11.3 Å². The van der Waals surface area contributed by atoms with E-state index in [1.165, 1.54) is 19.7 Å². The largest absolute Gasteiger partial charge is 0.369 e. The Morgan fingerprint density at radius 1 is 1.10 bits per heavy atom. The van der Waals surface area contributed by atoms with Gasteiger partial charge in [-0.3, -0.25) is 8.77 Å². The minimum absolute atomic E-state index is 0.126. The Hall–Kier alpha value is -2.53. The SMILES string of the molecule is CS(=O)(=O)N1CC=C(c2cc3c(N4CCC[C@@H](N5CCc6ccccc6C5=O)C4)ccc(C#N)c3n2SI)CC1. The average Bonchev–Trinajstić information content (AvgIpc) is 3.36. The molecule has 3 aliphatic rings. The molecule has 0 unspecified atom stereocenters. The number of amides is 1. The fourth-order valence-corrected chi connectivity index (χ4v) is 8.85. The second kappa shape index (κ2) is 11.0. The van der Waals surface area contributed by atoms with Gasteiger partial charge >= 0.3 is 0 Å². The third kappa shape index (κ3) is 4.93. The van der Waals surface area contributed by atoms with Crippen LogP contribution in [0.25, 0.3) is 16.5 Å². The number of halogens is 1. The summed E-state index contributed by atoms with van der Waals surface area (Å²) >= 11 is 2.25. The molecule has 1 aromatic heterocycles. The first-order valence-electron chi connectivity index (χ1n) is 13.5. The van der Waals surface area contributed by atoms with Crippen LogP contribution >= 0.6 is 30.3 Å². The molecule has 0 radical (unpaired) electrons. The number of fused-ring (bicyclic) bond motifs is 2. The van der Waals surface area contributed by atoms with Crippen LogP contribution in [-0.4, -0.2) is 72.5 Å². The van der Waals surface area contributed by atoms with Gasteiger partial charge in [0.15, 0.2) is 0 Å². The number of aromatic nitrogens is 1. The number of rotatable bonds is 5. The second-order valence-corrected chi connectivity index (χ2v) is 14.3. The first kappa shape index (κ1) is 27.6. The molecule has 3 aliphatic heterocycles. The van der Waals surface area contributed by atoms with Crippen molar-refractivity contribution in [1.29, 1.82) is 5.26 Å². The molecule has 1 fully saturated rings. The van der Waals surface area contributed by atoms with Crippen molar-refractivity contribution in [2.45, 2.75) is 31.7 Å². The maximum absolute atomic E-state index is 13.4. The number of piperidine rings is 1. The van der Waals surface area contributed by atoms with E-state index in [-0.39, 0.29) is 11.9 Å². The number of nitriles is 1. The van der Waals surface area contributed by atoms with Gasteiger partial charge in [-0.1, -0.05) is 24.3 Å². The lowest BCUT2D eigenvalue weighted by Gasteiger charge is -2.42. The number of carbonyl (C=O) groups excluding carboxylic acids is 1. The third-order valence-corrected chi connectivity index (χ3v) is 11.3. The normalized spacial score (nSPS) is 20.4. The van der Waals surface area contributed by atoms with Crippen LogP contribution in [0.2, 0.25) is 0 Å². The highest BCUT2D eigenvalue weighted by atomic mass is 127. The number of sulfonamides is 1. The highest BCUT2D eigenvalue weighted by Gasteiger charge is 2.33. The molecule has 1 saturated heterocycles. The Morgan fingerprint density at radius 2 is 1.93 bits per heavy atom. The van der Waals surface area contributed by atoms with E-state index in [9.17, 15) is 18.5 Å². The molecule has 8 nitrogen and oxygen atoms in total. The monoisotopic (exact) mass is 687 g/mol. The molecule has 6 rings (SSSR count). The quantitative estimate of drug-likeness (QED) is 0.348. The topological polar surface area (TPSA) is 89.7 Å². The summed E-state index contributed by atoms with van der Waals surface area (Å²) in [5.41, 5.74) is 6.61. The van der Waals surface area contributed by atoms with Gasteiger partial charge in [0.05, 0.1) is 23.0 Å². The molecule has 0 spiro atoms. The van der Waals surface area contributed by atoms with E-state index < -0.39 is 10.0 Å². The molecule has 0 N–H and O–H groups in total. The number of hydrogen-bond acceptors (Lipinski definition) is 6. The second-order valence-electron chi connectivity index (χ2n) is 10.6. The lowest BCUT2D eigenvalue weighted by Crippen LogP contribution is -2.52.